The lowest BCUT2D eigenvalue weighted by Crippen LogP contribution is -2.18. The fourth-order valence-electron chi connectivity index (χ4n) is 1.48. The van der Waals surface area contributed by atoms with E-state index in [9.17, 15) is 4.39 Å². The minimum atomic E-state index is -0.342. The van der Waals surface area contributed by atoms with Gasteiger partial charge in [-0.3, -0.25) is 0 Å². The summed E-state index contributed by atoms with van der Waals surface area (Å²) in [7, 11) is 0. The van der Waals surface area contributed by atoms with Crippen molar-refractivity contribution in [3.8, 4) is 0 Å². The number of rotatable bonds is 2. The van der Waals surface area contributed by atoms with Crippen LogP contribution in [0.25, 0.3) is 0 Å². The van der Waals surface area contributed by atoms with E-state index >= 15 is 0 Å². The monoisotopic (exact) mass is 231 g/mol. The predicted molar refractivity (Wildman–Crippen MR) is 60.8 cm³/mol. The first-order valence-electron chi connectivity index (χ1n) is 4.55. The second-order valence-electron chi connectivity index (χ2n) is 3.31. The average Bonchev–Trinajstić information content (AvgIpc) is 2.66. The maximum absolute atomic E-state index is 13.5. The number of halogens is 2. The van der Waals surface area contributed by atoms with E-state index in [1.165, 1.54) is 0 Å². The lowest BCUT2D eigenvalue weighted by molar-refractivity contribution is 0.627. The molecule has 0 amide bonds. The zero-order valence-electron chi connectivity index (χ0n) is 7.59. The van der Waals surface area contributed by atoms with Crippen molar-refractivity contribution in [1.29, 1.82) is 0 Å². The summed E-state index contributed by atoms with van der Waals surface area (Å²) < 4.78 is 13.5. The molecule has 0 saturated carbocycles. The van der Waals surface area contributed by atoms with E-state index < -0.39 is 0 Å². The first-order chi connectivity index (χ1) is 6.77. The number of nitrogens with one attached hydrogen (secondary N) is 1. The summed E-state index contributed by atoms with van der Waals surface area (Å²) in [6.45, 7) is 0. The van der Waals surface area contributed by atoms with Crippen LogP contribution in [0.5, 0.6) is 0 Å². The molecule has 1 aliphatic heterocycles. The number of hydrogen-bond donors (Lipinski definition) is 1. The van der Waals surface area contributed by atoms with E-state index in [-0.39, 0.29) is 10.8 Å². The Labute approximate surface area is 92.0 Å². The third-order valence-electron chi connectivity index (χ3n) is 2.24. The molecule has 0 aliphatic carbocycles. The molecule has 0 bridgehead atoms. The molecule has 1 N–H and O–H groups in total. The van der Waals surface area contributed by atoms with Crippen molar-refractivity contribution >= 4 is 29.1 Å². The van der Waals surface area contributed by atoms with E-state index in [0.29, 0.717) is 11.7 Å². The molecule has 1 aromatic rings. The molecule has 0 aromatic heterocycles. The Hall–Kier alpha value is -0.410. The molecule has 14 heavy (non-hydrogen) atoms. The number of anilines is 1. The van der Waals surface area contributed by atoms with Gasteiger partial charge in [0, 0.05) is 11.8 Å². The quantitative estimate of drug-likeness (QED) is 0.838. The molecule has 1 fully saturated rings. The molecule has 1 aromatic carbocycles. The molecule has 2 rings (SSSR count). The fourth-order valence-corrected chi connectivity index (χ4v) is 2.81. The first-order valence-corrected chi connectivity index (χ1v) is 6.09. The van der Waals surface area contributed by atoms with Crippen LogP contribution in [0.4, 0.5) is 10.1 Å². The van der Waals surface area contributed by atoms with Crippen LogP contribution in [0.3, 0.4) is 0 Å². The maximum atomic E-state index is 13.5. The van der Waals surface area contributed by atoms with Crippen LogP contribution in [0.2, 0.25) is 5.02 Å². The van der Waals surface area contributed by atoms with Crippen LogP contribution in [-0.2, 0) is 0 Å². The highest BCUT2D eigenvalue weighted by molar-refractivity contribution is 7.99. The Bertz CT molecular complexity index is 326. The molecule has 1 atom stereocenters. The standard InChI is InChI=1S/C10H11ClFNS/c11-8-2-1-3-9(10(8)12)13-7-4-5-14-6-7/h1-3,7,13H,4-6H2. The van der Waals surface area contributed by atoms with E-state index in [4.69, 9.17) is 11.6 Å². The smallest absolute Gasteiger partial charge is 0.164 e. The number of thioether (sulfide) groups is 1. The molecule has 4 heteroatoms. The molecule has 1 nitrogen and oxygen atoms in total. The molecule has 1 aliphatic rings. The van der Waals surface area contributed by atoms with Gasteiger partial charge in [0.2, 0.25) is 0 Å². The molecular weight excluding hydrogens is 221 g/mol. The maximum Gasteiger partial charge on any atom is 0.164 e. The van der Waals surface area contributed by atoms with Crippen LogP contribution < -0.4 is 5.32 Å². The molecule has 76 valence electrons. The van der Waals surface area contributed by atoms with E-state index in [1.807, 2.05) is 11.8 Å². The lowest BCUT2D eigenvalue weighted by Gasteiger charge is -2.13. The summed E-state index contributed by atoms with van der Waals surface area (Å²) in [5, 5.41) is 3.35. The van der Waals surface area contributed by atoms with Crippen molar-refractivity contribution in [2.45, 2.75) is 12.5 Å². The second kappa shape index (κ2) is 4.41. The summed E-state index contributed by atoms with van der Waals surface area (Å²) >= 11 is 7.57. The Morgan fingerprint density at radius 2 is 2.36 bits per heavy atom. The first kappa shape index (κ1) is 10.1. The third-order valence-corrected chi connectivity index (χ3v) is 3.70. The highest BCUT2D eigenvalue weighted by Gasteiger charge is 2.16. The third kappa shape index (κ3) is 2.15. The SMILES string of the molecule is Fc1c(Cl)cccc1NC1CCSC1. The molecule has 0 radical (unpaired) electrons. The van der Waals surface area contributed by atoms with Crippen LogP contribution in [0.1, 0.15) is 6.42 Å². The van der Waals surface area contributed by atoms with Gasteiger partial charge in [-0.05, 0) is 24.3 Å². The number of hydrogen-bond acceptors (Lipinski definition) is 2. The van der Waals surface area contributed by atoms with Gasteiger partial charge < -0.3 is 5.32 Å². The highest BCUT2D eigenvalue weighted by Crippen LogP contribution is 2.26. The van der Waals surface area contributed by atoms with Crippen molar-refractivity contribution in [3.05, 3.63) is 29.0 Å². The van der Waals surface area contributed by atoms with E-state index in [0.717, 1.165) is 17.9 Å². The largest absolute Gasteiger partial charge is 0.379 e. The van der Waals surface area contributed by atoms with Crippen LogP contribution >= 0.6 is 23.4 Å². The predicted octanol–water partition coefficient (Wildman–Crippen LogP) is 3.40. The zero-order valence-corrected chi connectivity index (χ0v) is 9.17. The minimum absolute atomic E-state index is 0.181. The van der Waals surface area contributed by atoms with Gasteiger partial charge in [-0.2, -0.15) is 11.8 Å². The Morgan fingerprint density at radius 3 is 3.07 bits per heavy atom. The Morgan fingerprint density at radius 1 is 1.50 bits per heavy atom. The molecule has 0 spiro atoms. The minimum Gasteiger partial charge on any atom is -0.379 e. The van der Waals surface area contributed by atoms with Crippen LogP contribution in [0.15, 0.2) is 18.2 Å². The van der Waals surface area contributed by atoms with Crippen molar-refractivity contribution < 1.29 is 4.39 Å². The lowest BCUT2D eigenvalue weighted by atomic mass is 10.2. The van der Waals surface area contributed by atoms with Crippen LogP contribution in [-0.4, -0.2) is 17.5 Å². The number of benzene rings is 1. The van der Waals surface area contributed by atoms with Crippen molar-refractivity contribution in [3.63, 3.8) is 0 Å². The van der Waals surface area contributed by atoms with Gasteiger partial charge in [0.25, 0.3) is 0 Å². The van der Waals surface area contributed by atoms with Gasteiger partial charge in [0.05, 0.1) is 10.7 Å². The van der Waals surface area contributed by atoms with Gasteiger partial charge in [0.1, 0.15) is 0 Å². The summed E-state index contributed by atoms with van der Waals surface area (Å²) in [5.41, 5.74) is 0.519. The van der Waals surface area contributed by atoms with Gasteiger partial charge >= 0.3 is 0 Å². The van der Waals surface area contributed by atoms with E-state index in [1.54, 1.807) is 18.2 Å². The molecular formula is C10H11ClFNS. The highest BCUT2D eigenvalue weighted by atomic mass is 35.5. The Kier molecular flexibility index (Phi) is 3.19. The van der Waals surface area contributed by atoms with E-state index in [2.05, 4.69) is 5.32 Å². The van der Waals surface area contributed by atoms with Crippen LogP contribution in [0, 0.1) is 5.82 Å². The summed E-state index contributed by atoms with van der Waals surface area (Å²) in [5.74, 6) is 1.86. The van der Waals surface area contributed by atoms with Crippen molar-refractivity contribution in [2.75, 3.05) is 16.8 Å². The van der Waals surface area contributed by atoms with Gasteiger partial charge in [-0.25, -0.2) is 4.39 Å². The summed E-state index contributed by atoms with van der Waals surface area (Å²) in [6, 6.07) is 5.43. The van der Waals surface area contributed by atoms with Gasteiger partial charge in [-0.1, -0.05) is 17.7 Å². The Balaban J connectivity index is 2.11. The summed E-state index contributed by atoms with van der Waals surface area (Å²) in [6.07, 6.45) is 1.09. The van der Waals surface area contributed by atoms with Crippen molar-refractivity contribution in [1.82, 2.24) is 0 Å². The van der Waals surface area contributed by atoms with Gasteiger partial charge in [0.15, 0.2) is 5.82 Å². The average molecular weight is 232 g/mol. The normalized spacial score (nSPS) is 21.1. The fraction of sp³-hybridized carbons (Fsp3) is 0.400. The summed E-state index contributed by atoms with van der Waals surface area (Å²) in [4.78, 5) is 0. The molecule has 1 heterocycles. The van der Waals surface area contributed by atoms with Gasteiger partial charge in [-0.15, -0.1) is 0 Å². The topological polar surface area (TPSA) is 12.0 Å². The molecule has 1 unspecified atom stereocenters. The zero-order chi connectivity index (χ0) is 9.97. The second-order valence-corrected chi connectivity index (χ2v) is 4.86. The molecule has 1 saturated heterocycles. The van der Waals surface area contributed by atoms with Crippen molar-refractivity contribution in [2.24, 2.45) is 0 Å².